The van der Waals surface area contributed by atoms with E-state index in [4.69, 9.17) is 4.74 Å². The second-order valence-corrected chi connectivity index (χ2v) is 8.92. The Morgan fingerprint density at radius 1 is 1.00 bits per heavy atom. The summed E-state index contributed by atoms with van der Waals surface area (Å²) < 4.78 is 5.57. The first kappa shape index (κ1) is 20.4. The number of carbonyl (C=O) groups is 2. The first-order valence-corrected chi connectivity index (χ1v) is 12.0. The quantitative estimate of drug-likeness (QED) is 0.492. The van der Waals surface area contributed by atoms with Crippen molar-refractivity contribution in [3.8, 4) is 11.1 Å². The van der Waals surface area contributed by atoms with E-state index in [9.17, 15) is 9.59 Å². The van der Waals surface area contributed by atoms with Crippen LogP contribution in [0.2, 0.25) is 5.82 Å². The molecule has 6 heteroatoms. The molecular formula is C22H26N2O3Se. The molecule has 0 saturated carbocycles. The Morgan fingerprint density at radius 2 is 1.57 bits per heavy atom. The van der Waals surface area contributed by atoms with Crippen molar-refractivity contribution in [2.24, 2.45) is 5.92 Å². The number of rotatable bonds is 7. The molecule has 1 atom stereocenters. The van der Waals surface area contributed by atoms with Crippen molar-refractivity contribution in [1.29, 1.82) is 0 Å². The molecule has 0 fully saturated rings. The van der Waals surface area contributed by atoms with Gasteiger partial charge in [-0.05, 0) is 0 Å². The van der Waals surface area contributed by atoms with Crippen molar-refractivity contribution in [3.63, 3.8) is 0 Å². The zero-order valence-corrected chi connectivity index (χ0v) is 18.1. The standard InChI is InChI=1S/C22H26N2O3Se/c1-14(2)12-20(24-22(26)28-3)23-21(25)27-13-19-17-10-6-4-8-15(17)16-9-5-7-11-18(16)19/h4-11,14,19-20H,12-13H2,1-3H3,(H,23,25)(H,24,26)/t20-/m1/s1. The number of fused-ring (bicyclic) bond motifs is 3. The van der Waals surface area contributed by atoms with E-state index in [0.717, 1.165) is 0 Å². The molecule has 1 aliphatic rings. The van der Waals surface area contributed by atoms with E-state index in [1.165, 1.54) is 22.3 Å². The van der Waals surface area contributed by atoms with E-state index in [1.807, 2.05) is 30.1 Å². The van der Waals surface area contributed by atoms with Crippen LogP contribution in [0.25, 0.3) is 11.1 Å². The first-order valence-electron chi connectivity index (χ1n) is 9.45. The summed E-state index contributed by atoms with van der Waals surface area (Å²) in [6.45, 7) is 4.37. The summed E-state index contributed by atoms with van der Waals surface area (Å²) in [4.78, 5) is 24.1. The van der Waals surface area contributed by atoms with E-state index in [-0.39, 0.29) is 32.3 Å². The summed E-state index contributed by atoms with van der Waals surface area (Å²) in [5.74, 6) is 2.21. The molecule has 0 unspecified atom stereocenters. The fraction of sp³-hybridized carbons (Fsp3) is 0.364. The maximum absolute atomic E-state index is 12.4. The van der Waals surface area contributed by atoms with Gasteiger partial charge in [0.1, 0.15) is 0 Å². The molecule has 148 valence electrons. The molecule has 2 N–H and O–H groups in total. The number of hydrogen-bond acceptors (Lipinski definition) is 3. The molecule has 0 radical (unpaired) electrons. The SMILES string of the molecule is C[Se]C(=O)N[C@H](CC(C)C)NC(=O)OCC1c2ccccc2-c2ccccc21. The molecule has 0 saturated heterocycles. The van der Waals surface area contributed by atoms with Crippen LogP contribution in [0.15, 0.2) is 48.5 Å². The first-order chi connectivity index (χ1) is 13.5. The topological polar surface area (TPSA) is 67.4 Å². The zero-order chi connectivity index (χ0) is 20.1. The van der Waals surface area contributed by atoms with Crippen LogP contribution < -0.4 is 10.6 Å². The molecule has 0 heterocycles. The van der Waals surface area contributed by atoms with Crippen LogP contribution in [-0.2, 0) is 4.74 Å². The Labute approximate surface area is 172 Å². The van der Waals surface area contributed by atoms with Crippen LogP contribution in [0.3, 0.4) is 0 Å². The molecule has 2 aromatic rings. The second-order valence-electron chi connectivity index (χ2n) is 7.29. The summed E-state index contributed by atoms with van der Waals surface area (Å²) in [6.07, 6.45) is -0.257. The molecule has 2 aromatic carbocycles. The van der Waals surface area contributed by atoms with Crippen LogP contribution in [-0.4, -0.2) is 38.6 Å². The molecule has 1 aliphatic carbocycles. The van der Waals surface area contributed by atoms with Crippen LogP contribution >= 0.6 is 0 Å². The van der Waals surface area contributed by atoms with Crippen molar-refractivity contribution in [3.05, 3.63) is 59.7 Å². The average Bonchev–Trinajstić information content (AvgIpc) is 2.99. The minimum atomic E-state index is -0.503. The van der Waals surface area contributed by atoms with Gasteiger partial charge in [-0.2, -0.15) is 0 Å². The number of benzene rings is 2. The fourth-order valence-corrected chi connectivity index (χ4v) is 4.15. The number of amides is 2. The summed E-state index contributed by atoms with van der Waals surface area (Å²) in [5.41, 5.74) is 4.75. The Hall–Kier alpha value is -2.30. The number of carbonyl (C=O) groups excluding carboxylic acids is 2. The Kier molecular flexibility index (Phi) is 6.76. The Balaban J connectivity index is 1.66. The number of nitrogens with one attached hydrogen (secondary N) is 2. The number of ether oxygens (including phenoxy) is 1. The summed E-state index contributed by atoms with van der Waals surface area (Å²) in [5, 5.41) is 5.67. The van der Waals surface area contributed by atoms with Gasteiger partial charge in [0.15, 0.2) is 0 Å². The Morgan fingerprint density at radius 3 is 2.11 bits per heavy atom. The molecule has 5 nitrogen and oxygen atoms in total. The van der Waals surface area contributed by atoms with Gasteiger partial charge in [-0.3, -0.25) is 0 Å². The molecule has 0 aliphatic heterocycles. The van der Waals surface area contributed by atoms with Crippen molar-refractivity contribution < 1.29 is 14.3 Å². The molecule has 0 aromatic heterocycles. The minimum absolute atomic E-state index is 0.0234. The summed E-state index contributed by atoms with van der Waals surface area (Å²) in [7, 11) is 0. The second kappa shape index (κ2) is 9.26. The van der Waals surface area contributed by atoms with Gasteiger partial charge in [-0.25, -0.2) is 0 Å². The third-order valence-corrected chi connectivity index (χ3v) is 5.85. The fourth-order valence-electron chi connectivity index (χ4n) is 3.61. The van der Waals surface area contributed by atoms with Gasteiger partial charge in [-0.1, -0.05) is 0 Å². The van der Waals surface area contributed by atoms with E-state index < -0.39 is 12.3 Å². The normalized spacial score (nSPS) is 13.6. The maximum atomic E-state index is 12.4. The van der Waals surface area contributed by atoms with E-state index in [0.29, 0.717) is 12.3 Å². The van der Waals surface area contributed by atoms with E-state index >= 15 is 0 Å². The van der Waals surface area contributed by atoms with Gasteiger partial charge in [0.2, 0.25) is 0 Å². The van der Waals surface area contributed by atoms with Gasteiger partial charge in [-0.15, -0.1) is 0 Å². The molecule has 0 bridgehead atoms. The molecule has 3 rings (SSSR count). The van der Waals surface area contributed by atoms with Crippen molar-refractivity contribution in [2.45, 2.75) is 38.2 Å². The van der Waals surface area contributed by atoms with Crippen molar-refractivity contribution in [1.82, 2.24) is 10.6 Å². The van der Waals surface area contributed by atoms with Gasteiger partial charge >= 0.3 is 172 Å². The van der Waals surface area contributed by atoms with Gasteiger partial charge < -0.3 is 0 Å². The molecule has 2 amide bonds. The van der Waals surface area contributed by atoms with Gasteiger partial charge in [0.25, 0.3) is 0 Å². The van der Waals surface area contributed by atoms with Crippen LogP contribution in [0, 0.1) is 5.92 Å². The van der Waals surface area contributed by atoms with Crippen molar-refractivity contribution in [2.75, 3.05) is 6.61 Å². The van der Waals surface area contributed by atoms with E-state index in [1.54, 1.807) is 0 Å². The summed E-state index contributed by atoms with van der Waals surface area (Å²) in [6, 6.07) is 16.5. The Bertz CT molecular complexity index is 808. The van der Waals surface area contributed by atoms with Crippen LogP contribution in [0.4, 0.5) is 9.59 Å². The average molecular weight is 445 g/mol. The molecule has 0 spiro atoms. The summed E-state index contributed by atoms with van der Waals surface area (Å²) >= 11 is -0.155. The zero-order valence-electron chi connectivity index (χ0n) is 16.4. The monoisotopic (exact) mass is 446 g/mol. The third-order valence-electron chi connectivity index (χ3n) is 4.82. The van der Waals surface area contributed by atoms with Crippen LogP contribution in [0.5, 0.6) is 0 Å². The molecular weight excluding hydrogens is 419 g/mol. The van der Waals surface area contributed by atoms with Gasteiger partial charge in [0, 0.05) is 0 Å². The third kappa shape index (κ3) is 4.75. The van der Waals surface area contributed by atoms with Gasteiger partial charge in [0.05, 0.1) is 0 Å². The van der Waals surface area contributed by atoms with Crippen LogP contribution in [0.1, 0.15) is 37.3 Å². The number of hydrogen-bond donors (Lipinski definition) is 2. The van der Waals surface area contributed by atoms with E-state index in [2.05, 4.69) is 48.7 Å². The predicted octanol–water partition coefficient (Wildman–Crippen LogP) is 4.36. The predicted molar refractivity (Wildman–Crippen MR) is 112 cm³/mol. The molecule has 28 heavy (non-hydrogen) atoms. The van der Waals surface area contributed by atoms with Crippen molar-refractivity contribution >= 4 is 25.9 Å². The number of alkyl carbamates (subject to hydrolysis) is 1.